The number of aryl methyl sites for hydroxylation is 1. The summed E-state index contributed by atoms with van der Waals surface area (Å²) in [6, 6.07) is 8.92. The lowest BCUT2D eigenvalue weighted by Gasteiger charge is -2.05. The van der Waals surface area contributed by atoms with Crippen molar-refractivity contribution in [1.29, 1.82) is 0 Å². The van der Waals surface area contributed by atoms with Gasteiger partial charge in [0.15, 0.2) is 0 Å². The maximum Gasteiger partial charge on any atom is -0.00725 e. The maximum absolute atomic E-state index is 3.96. The standard InChI is InChI=1S/C15H22/c1-4-5-6-8-14-9-7-10-15(12-14)11-13(2)3/h7,9-10,12H,2,4-6,8,11H2,1,3H3. The Bertz CT molecular complexity index is 310. The monoisotopic (exact) mass is 202 g/mol. The average molecular weight is 202 g/mol. The second-order valence-corrected chi connectivity index (χ2v) is 4.41. The van der Waals surface area contributed by atoms with Gasteiger partial charge in [0.25, 0.3) is 0 Å². The quantitative estimate of drug-likeness (QED) is 0.469. The van der Waals surface area contributed by atoms with Crippen molar-refractivity contribution in [2.75, 3.05) is 0 Å². The molecule has 0 heterocycles. The second kappa shape index (κ2) is 6.44. The van der Waals surface area contributed by atoms with Crippen molar-refractivity contribution in [2.45, 2.75) is 46.0 Å². The lowest BCUT2D eigenvalue weighted by Crippen LogP contribution is -1.90. The van der Waals surface area contributed by atoms with Crippen LogP contribution in [0.4, 0.5) is 0 Å². The van der Waals surface area contributed by atoms with Crippen LogP contribution in [0.25, 0.3) is 0 Å². The summed E-state index contributed by atoms with van der Waals surface area (Å²) in [5.74, 6) is 0. The fraction of sp³-hybridized carbons (Fsp3) is 0.467. The van der Waals surface area contributed by atoms with Gasteiger partial charge in [0.05, 0.1) is 0 Å². The summed E-state index contributed by atoms with van der Waals surface area (Å²) in [7, 11) is 0. The van der Waals surface area contributed by atoms with Crippen LogP contribution in [0.2, 0.25) is 0 Å². The highest BCUT2D eigenvalue weighted by Crippen LogP contribution is 2.12. The van der Waals surface area contributed by atoms with Gasteiger partial charge < -0.3 is 0 Å². The number of unbranched alkanes of at least 4 members (excludes halogenated alkanes) is 2. The van der Waals surface area contributed by atoms with E-state index in [2.05, 4.69) is 44.7 Å². The second-order valence-electron chi connectivity index (χ2n) is 4.41. The Kier molecular flexibility index (Phi) is 5.17. The largest absolute Gasteiger partial charge is 0.0998 e. The zero-order valence-corrected chi connectivity index (χ0v) is 10.1. The molecule has 0 heteroatoms. The Labute approximate surface area is 94.0 Å². The van der Waals surface area contributed by atoms with Crippen LogP contribution in [0.3, 0.4) is 0 Å². The van der Waals surface area contributed by atoms with Crippen molar-refractivity contribution in [3.63, 3.8) is 0 Å². The molecule has 1 aromatic carbocycles. The first kappa shape index (κ1) is 12.0. The van der Waals surface area contributed by atoms with Crippen molar-refractivity contribution >= 4 is 0 Å². The van der Waals surface area contributed by atoms with Gasteiger partial charge >= 0.3 is 0 Å². The van der Waals surface area contributed by atoms with Gasteiger partial charge in [-0.3, -0.25) is 0 Å². The molecule has 1 rings (SSSR count). The normalized spacial score (nSPS) is 10.3. The number of rotatable bonds is 6. The first-order chi connectivity index (χ1) is 7.22. The molecule has 0 spiro atoms. The minimum atomic E-state index is 1.02. The highest BCUT2D eigenvalue weighted by Gasteiger charge is 1.96. The van der Waals surface area contributed by atoms with Gasteiger partial charge in [0.1, 0.15) is 0 Å². The third-order valence-electron chi connectivity index (χ3n) is 2.57. The zero-order chi connectivity index (χ0) is 11.1. The summed E-state index contributed by atoms with van der Waals surface area (Å²) < 4.78 is 0. The van der Waals surface area contributed by atoms with E-state index in [0.717, 1.165) is 6.42 Å². The molecule has 0 bridgehead atoms. The van der Waals surface area contributed by atoms with Gasteiger partial charge in [-0.05, 0) is 37.3 Å². The van der Waals surface area contributed by atoms with Crippen LogP contribution in [0.1, 0.15) is 44.2 Å². The summed E-state index contributed by atoms with van der Waals surface area (Å²) in [6.07, 6.45) is 6.18. The van der Waals surface area contributed by atoms with E-state index in [9.17, 15) is 0 Å². The molecule has 0 aliphatic carbocycles. The summed E-state index contributed by atoms with van der Waals surface area (Å²) in [6.45, 7) is 8.29. The number of allylic oxidation sites excluding steroid dienone is 1. The van der Waals surface area contributed by atoms with Gasteiger partial charge in [-0.2, -0.15) is 0 Å². The van der Waals surface area contributed by atoms with Crippen LogP contribution in [-0.2, 0) is 12.8 Å². The molecule has 0 amide bonds. The average Bonchev–Trinajstić information content (AvgIpc) is 2.18. The first-order valence-electron chi connectivity index (χ1n) is 5.94. The van der Waals surface area contributed by atoms with E-state index < -0.39 is 0 Å². The highest BCUT2D eigenvalue weighted by atomic mass is 14.0. The lowest BCUT2D eigenvalue weighted by atomic mass is 10.0. The van der Waals surface area contributed by atoms with E-state index in [-0.39, 0.29) is 0 Å². The van der Waals surface area contributed by atoms with E-state index in [0.29, 0.717) is 0 Å². The minimum absolute atomic E-state index is 1.02. The molecule has 82 valence electrons. The summed E-state index contributed by atoms with van der Waals surface area (Å²) in [4.78, 5) is 0. The lowest BCUT2D eigenvalue weighted by molar-refractivity contribution is 0.717. The van der Waals surface area contributed by atoms with E-state index in [1.165, 1.54) is 42.4 Å². The molecule has 0 N–H and O–H groups in total. The molecule has 0 saturated heterocycles. The van der Waals surface area contributed by atoms with E-state index in [4.69, 9.17) is 0 Å². The number of hydrogen-bond donors (Lipinski definition) is 0. The molecule has 0 aromatic heterocycles. The van der Waals surface area contributed by atoms with E-state index in [1.54, 1.807) is 0 Å². The first-order valence-corrected chi connectivity index (χ1v) is 5.94. The van der Waals surface area contributed by atoms with Gasteiger partial charge in [0.2, 0.25) is 0 Å². The molecule has 0 fully saturated rings. The fourth-order valence-electron chi connectivity index (χ4n) is 1.82. The van der Waals surface area contributed by atoms with Crippen LogP contribution < -0.4 is 0 Å². The van der Waals surface area contributed by atoms with Crippen molar-refractivity contribution < 1.29 is 0 Å². The van der Waals surface area contributed by atoms with E-state index in [1.807, 2.05) is 0 Å². The number of hydrogen-bond acceptors (Lipinski definition) is 0. The molecule has 0 saturated carbocycles. The summed E-state index contributed by atoms with van der Waals surface area (Å²) in [5, 5.41) is 0. The minimum Gasteiger partial charge on any atom is -0.0998 e. The third-order valence-corrected chi connectivity index (χ3v) is 2.57. The predicted molar refractivity (Wildman–Crippen MR) is 68.2 cm³/mol. The molecule has 0 atom stereocenters. The van der Waals surface area contributed by atoms with Crippen LogP contribution in [0.15, 0.2) is 36.4 Å². The fourth-order valence-corrected chi connectivity index (χ4v) is 1.82. The zero-order valence-electron chi connectivity index (χ0n) is 10.1. The highest BCUT2D eigenvalue weighted by molar-refractivity contribution is 5.26. The maximum atomic E-state index is 3.96. The molecule has 15 heavy (non-hydrogen) atoms. The molecular formula is C15H22. The topological polar surface area (TPSA) is 0 Å². The van der Waals surface area contributed by atoms with Crippen molar-refractivity contribution in [3.05, 3.63) is 47.5 Å². The van der Waals surface area contributed by atoms with Crippen LogP contribution in [-0.4, -0.2) is 0 Å². The Morgan fingerprint density at radius 1 is 1.20 bits per heavy atom. The molecule has 0 radical (unpaired) electrons. The van der Waals surface area contributed by atoms with Crippen LogP contribution in [0, 0.1) is 0 Å². The SMILES string of the molecule is C=C(C)Cc1cccc(CCCCC)c1. The van der Waals surface area contributed by atoms with Crippen molar-refractivity contribution in [3.8, 4) is 0 Å². The molecule has 1 aromatic rings. The molecule has 0 aliphatic heterocycles. The predicted octanol–water partition coefficient (Wildman–Crippen LogP) is 4.54. The Morgan fingerprint density at radius 3 is 2.60 bits per heavy atom. The third kappa shape index (κ3) is 4.83. The molecule has 0 unspecified atom stereocenters. The van der Waals surface area contributed by atoms with Gasteiger partial charge in [0, 0.05) is 0 Å². The molecular weight excluding hydrogens is 180 g/mol. The number of benzene rings is 1. The van der Waals surface area contributed by atoms with Crippen molar-refractivity contribution in [2.24, 2.45) is 0 Å². The summed E-state index contributed by atoms with van der Waals surface area (Å²) in [5.41, 5.74) is 4.11. The smallest absolute Gasteiger partial charge is 0.00725 e. The van der Waals surface area contributed by atoms with Gasteiger partial charge in [-0.15, -0.1) is 0 Å². The van der Waals surface area contributed by atoms with E-state index >= 15 is 0 Å². The Hall–Kier alpha value is -1.04. The van der Waals surface area contributed by atoms with Crippen molar-refractivity contribution in [1.82, 2.24) is 0 Å². The molecule has 0 nitrogen and oxygen atoms in total. The Balaban J connectivity index is 2.53. The van der Waals surface area contributed by atoms with Crippen LogP contribution in [0.5, 0.6) is 0 Å². The van der Waals surface area contributed by atoms with Gasteiger partial charge in [-0.25, -0.2) is 0 Å². The van der Waals surface area contributed by atoms with Crippen LogP contribution >= 0.6 is 0 Å². The van der Waals surface area contributed by atoms with Gasteiger partial charge in [-0.1, -0.05) is 56.2 Å². The Morgan fingerprint density at radius 2 is 1.93 bits per heavy atom. The summed E-state index contributed by atoms with van der Waals surface area (Å²) >= 11 is 0. The molecule has 0 aliphatic rings.